The van der Waals surface area contributed by atoms with Gasteiger partial charge in [-0.25, -0.2) is 0 Å². The van der Waals surface area contributed by atoms with Gasteiger partial charge in [0.25, 0.3) is 0 Å². The van der Waals surface area contributed by atoms with Gasteiger partial charge in [0.1, 0.15) is 18.5 Å². The molecule has 0 aliphatic carbocycles. The number of hydrogen-bond acceptors (Lipinski definition) is 4. The first-order valence-electron chi connectivity index (χ1n) is 10.9. The summed E-state index contributed by atoms with van der Waals surface area (Å²) >= 11 is 0. The molecule has 32 heavy (non-hydrogen) atoms. The molecule has 4 rings (SSSR count). The minimum Gasteiger partial charge on any atom is -0.491 e. The Morgan fingerprint density at radius 3 is 1.88 bits per heavy atom. The fourth-order valence-corrected chi connectivity index (χ4v) is 3.67. The van der Waals surface area contributed by atoms with E-state index in [0.717, 1.165) is 30.1 Å². The first-order chi connectivity index (χ1) is 15.8. The smallest absolute Gasteiger partial charge is 0.119 e. The molecule has 3 aromatic carbocycles. The molecule has 162 valence electrons. The normalized spacial score (nSPS) is 11.9. The Morgan fingerprint density at radius 2 is 1.31 bits per heavy atom. The van der Waals surface area contributed by atoms with E-state index in [1.807, 2.05) is 78.9 Å². The van der Waals surface area contributed by atoms with Crippen LogP contribution >= 0.6 is 0 Å². The number of hydrogen-bond donors (Lipinski definition) is 1. The zero-order valence-electron chi connectivity index (χ0n) is 18.0. The third kappa shape index (κ3) is 6.51. The van der Waals surface area contributed by atoms with E-state index in [9.17, 15) is 5.11 Å². The first kappa shape index (κ1) is 21.8. The van der Waals surface area contributed by atoms with Crippen LogP contribution in [0, 0.1) is 0 Å². The summed E-state index contributed by atoms with van der Waals surface area (Å²) in [5, 5.41) is 10.7. The van der Waals surface area contributed by atoms with E-state index >= 15 is 0 Å². The van der Waals surface area contributed by atoms with Crippen molar-refractivity contribution in [2.24, 2.45) is 0 Å². The summed E-state index contributed by atoms with van der Waals surface area (Å²) in [6, 6.07) is 34.4. The Labute approximate surface area is 189 Å². The fourth-order valence-electron chi connectivity index (χ4n) is 3.67. The average Bonchev–Trinajstić information content (AvgIpc) is 2.85. The minimum atomic E-state index is -0.599. The SMILES string of the molecule is OC(COc1ccc(-c2ccccn2)cc1)CN(Cc1ccccc1)Cc1ccccc1. The Balaban J connectivity index is 1.34. The van der Waals surface area contributed by atoms with Gasteiger partial charge in [0, 0.05) is 31.4 Å². The van der Waals surface area contributed by atoms with Crippen LogP contribution in [0.5, 0.6) is 5.75 Å². The zero-order chi connectivity index (χ0) is 22.0. The Kier molecular flexibility index (Phi) is 7.64. The lowest BCUT2D eigenvalue weighted by Crippen LogP contribution is -2.35. The number of aliphatic hydroxyl groups excluding tert-OH is 1. The molecule has 4 aromatic rings. The second-order valence-corrected chi connectivity index (χ2v) is 7.85. The van der Waals surface area contributed by atoms with Crippen LogP contribution in [0.15, 0.2) is 109 Å². The second-order valence-electron chi connectivity index (χ2n) is 7.85. The standard InChI is InChI=1S/C28H28N2O2/c31-26(22-32-27-16-14-25(15-17-27)28-13-7-8-18-29-28)21-30(19-23-9-3-1-4-10-23)20-24-11-5-2-6-12-24/h1-18,26,31H,19-22H2. The molecule has 0 fully saturated rings. The van der Waals surface area contributed by atoms with Crippen LogP contribution < -0.4 is 4.74 Å². The number of nitrogens with zero attached hydrogens (tertiary/aromatic N) is 2. The Morgan fingerprint density at radius 1 is 0.719 bits per heavy atom. The van der Waals surface area contributed by atoms with Crippen molar-refractivity contribution in [3.05, 3.63) is 120 Å². The quantitative estimate of drug-likeness (QED) is 0.381. The van der Waals surface area contributed by atoms with Crippen molar-refractivity contribution in [1.82, 2.24) is 9.88 Å². The van der Waals surface area contributed by atoms with Gasteiger partial charge in [-0.3, -0.25) is 9.88 Å². The highest BCUT2D eigenvalue weighted by atomic mass is 16.5. The lowest BCUT2D eigenvalue weighted by molar-refractivity contribution is 0.0628. The van der Waals surface area contributed by atoms with Crippen LogP contribution in [0.2, 0.25) is 0 Å². The monoisotopic (exact) mass is 424 g/mol. The van der Waals surface area contributed by atoms with Crippen LogP contribution in [0.3, 0.4) is 0 Å². The molecule has 1 aromatic heterocycles. The van der Waals surface area contributed by atoms with Crippen molar-refractivity contribution < 1.29 is 9.84 Å². The van der Waals surface area contributed by atoms with Gasteiger partial charge in [0.15, 0.2) is 0 Å². The number of ether oxygens (including phenoxy) is 1. The first-order valence-corrected chi connectivity index (χ1v) is 10.9. The Hall–Kier alpha value is -3.47. The highest BCUT2D eigenvalue weighted by Gasteiger charge is 2.14. The Bertz CT molecular complexity index is 1010. The summed E-state index contributed by atoms with van der Waals surface area (Å²) in [6.45, 7) is 2.30. The molecule has 0 bridgehead atoms. The van der Waals surface area contributed by atoms with E-state index in [-0.39, 0.29) is 6.61 Å². The third-order valence-electron chi connectivity index (χ3n) is 5.22. The maximum absolute atomic E-state index is 10.7. The van der Waals surface area contributed by atoms with Crippen LogP contribution in [-0.2, 0) is 13.1 Å². The van der Waals surface area contributed by atoms with Crippen LogP contribution in [0.1, 0.15) is 11.1 Å². The largest absolute Gasteiger partial charge is 0.491 e. The molecule has 0 saturated carbocycles. The highest BCUT2D eigenvalue weighted by molar-refractivity contribution is 5.59. The molecule has 0 radical (unpaired) electrons. The number of aromatic nitrogens is 1. The predicted octanol–water partition coefficient (Wildman–Crippen LogP) is 5.19. The molecule has 4 heteroatoms. The number of benzene rings is 3. The zero-order valence-corrected chi connectivity index (χ0v) is 18.0. The van der Waals surface area contributed by atoms with E-state index < -0.39 is 6.10 Å². The van der Waals surface area contributed by atoms with Crippen LogP contribution in [0.25, 0.3) is 11.3 Å². The number of rotatable bonds is 10. The number of pyridine rings is 1. The predicted molar refractivity (Wildman–Crippen MR) is 128 cm³/mol. The topological polar surface area (TPSA) is 45.6 Å². The lowest BCUT2D eigenvalue weighted by Gasteiger charge is -2.25. The summed E-state index contributed by atoms with van der Waals surface area (Å²) < 4.78 is 5.86. The second kappa shape index (κ2) is 11.2. The van der Waals surface area contributed by atoms with Crippen molar-refractivity contribution in [1.29, 1.82) is 0 Å². The van der Waals surface area contributed by atoms with Crippen LogP contribution in [0.4, 0.5) is 0 Å². The summed E-state index contributed by atoms with van der Waals surface area (Å²) in [6.07, 6.45) is 1.19. The van der Waals surface area contributed by atoms with E-state index in [1.165, 1.54) is 11.1 Å². The van der Waals surface area contributed by atoms with Crippen molar-refractivity contribution in [3.63, 3.8) is 0 Å². The maximum Gasteiger partial charge on any atom is 0.119 e. The minimum absolute atomic E-state index is 0.239. The van der Waals surface area contributed by atoms with Crippen molar-refractivity contribution in [2.45, 2.75) is 19.2 Å². The van der Waals surface area contributed by atoms with Gasteiger partial charge in [0.2, 0.25) is 0 Å². The molecule has 0 saturated heterocycles. The molecule has 1 atom stereocenters. The maximum atomic E-state index is 10.7. The van der Waals surface area contributed by atoms with Gasteiger partial charge in [0.05, 0.1) is 5.69 Å². The molecule has 0 aliphatic heterocycles. The highest BCUT2D eigenvalue weighted by Crippen LogP contribution is 2.20. The third-order valence-corrected chi connectivity index (χ3v) is 5.22. The lowest BCUT2D eigenvalue weighted by atomic mass is 10.1. The van der Waals surface area contributed by atoms with Crippen molar-refractivity contribution >= 4 is 0 Å². The van der Waals surface area contributed by atoms with Gasteiger partial charge >= 0.3 is 0 Å². The van der Waals surface area contributed by atoms with E-state index in [2.05, 4.69) is 34.1 Å². The molecule has 1 heterocycles. The van der Waals surface area contributed by atoms with Gasteiger partial charge in [-0.05, 0) is 47.5 Å². The summed E-state index contributed by atoms with van der Waals surface area (Å²) in [5.41, 5.74) is 4.41. The van der Waals surface area contributed by atoms with E-state index in [4.69, 9.17) is 4.74 Å². The van der Waals surface area contributed by atoms with Gasteiger partial charge < -0.3 is 9.84 Å². The molecule has 0 aliphatic rings. The summed E-state index contributed by atoms with van der Waals surface area (Å²) in [5.74, 6) is 0.737. The molecular formula is C28H28N2O2. The van der Waals surface area contributed by atoms with E-state index in [0.29, 0.717) is 6.54 Å². The molecule has 1 N–H and O–H groups in total. The van der Waals surface area contributed by atoms with Crippen molar-refractivity contribution in [2.75, 3.05) is 13.2 Å². The van der Waals surface area contributed by atoms with E-state index in [1.54, 1.807) is 6.20 Å². The molecule has 0 spiro atoms. The van der Waals surface area contributed by atoms with Gasteiger partial charge in [-0.1, -0.05) is 66.7 Å². The average molecular weight is 425 g/mol. The summed E-state index contributed by atoms with van der Waals surface area (Å²) in [4.78, 5) is 6.62. The molecular weight excluding hydrogens is 396 g/mol. The number of aliphatic hydroxyl groups is 1. The fraction of sp³-hybridized carbons (Fsp3) is 0.179. The summed E-state index contributed by atoms with van der Waals surface area (Å²) in [7, 11) is 0. The molecule has 0 amide bonds. The molecule has 1 unspecified atom stereocenters. The van der Waals surface area contributed by atoms with Gasteiger partial charge in [-0.15, -0.1) is 0 Å². The van der Waals surface area contributed by atoms with Gasteiger partial charge in [-0.2, -0.15) is 0 Å². The molecule has 4 nitrogen and oxygen atoms in total. The van der Waals surface area contributed by atoms with Crippen molar-refractivity contribution in [3.8, 4) is 17.0 Å². The van der Waals surface area contributed by atoms with Crippen LogP contribution in [-0.4, -0.2) is 34.2 Å².